The van der Waals surface area contributed by atoms with Gasteiger partial charge in [-0.15, -0.1) is 0 Å². The van der Waals surface area contributed by atoms with E-state index in [0.29, 0.717) is 12.1 Å². The molecule has 1 fully saturated rings. The number of benzene rings is 2. The highest BCUT2D eigenvalue weighted by molar-refractivity contribution is 7.07. The van der Waals surface area contributed by atoms with Gasteiger partial charge in [0.2, 0.25) is 0 Å². The first-order chi connectivity index (χ1) is 12.8. The van der Waals surface area contributed by atoms with Crippen LogP contribution in [0.3, 0.4) is 0 Å². The molecule has 0 bridgehead atoms. The molecule has 2 aromatic carbocycles. The molecule has 1 aliphatic heterocycles. The number of hydrogen-bond donors (Lipinski definition) is 1. The lowest BCUT2D eigenvalue weighted by Crippen LogP contribution is -2.43. The van der Waals surface area contributed by atoms with E-state index in [-0.39, 0.29) is 11.9 Å². The molecule has 5 heteroatoms. The smallest absolute Gasteiger partial charge is 0.251 e. The summed E-state index contributed by atoms with van der Waals surface area (Å²) in [5.74, 6) is -0.0238. The van der Waals surface area contributed by atoms with Crippen molar-refractivity contribution < 1.29 is 9.53 Å². The van der Waals surface area contributed by atoms with E-state index in [0.717, 1.165) is 37.1 Å². The molecule has 1 aromatic heterocycles. The molecule has 0 unspecified atom stereocenters. The first kappa shape index (κ1) is 17.2. The summed E-state index contributed by atoms with van der Waals surface area (Å²) in [5.41, 5.74) is 1.96. The van der Waals surface area contributed by atoms with E-state index in [1.165, 1.54) is 5.56 Å². The molecule has 3 aromatic rings. The lowest BCUT2D eigenvalue weighted by molar-refractivity contribution is 0.0163. The van der Waals surface area contributed by atoms with Crippen molar-refractivity contribution in [3.05, 3.63) is 70.4 Å². The van der Waals surface area contributed by atoms with Crippen molar-refractivity contribution in [3.8, 4) is 0 Å². The summed E-state index contributed by atoms with van der Waals surface area (Å²) in [7, 11) is 0. The maximum atomic E-state index is 12.7. The van der Waals surface area contributed by atoms with Crippen LogP contribution in [0.4, 0.5) is 0 Å². The molecule has 1 saturated heterocycles. The maximum absolute atomic E-state index is 12.7. The van der Waals surface area contributed by atoms with Crippen molar-refractivity contribution in [2.75, 3.05) is 32.8 Å². The summed E-state index contributed by atoms with van der Waals surface area (Å²) in [6.07, 6.45) is 0. The Morgan fingerprint density at radius 1 is 1.12 bits per heavy atom. The van der Waals surface area contributed by atoms with Crippen molar-refractivity contribution in [2.45, 2.75) is 6.04 Å². The number of thiophene rings is 1. The second-order valence-corrected chi connectivity index (χ2v) is 7.27. The lowest BCUT2D eigenvalue weighted by atomic mass is 10.1. The van der Waals surface area contributed by atoms with Crippen LogP contribution in [0, 0.1) is 0 Å². The molecule has 0 spiro atoms. The summed E-state index contributed by atoms with van der Waals surface area (Å²) >= 11 is 1.69. The highest BCUT2D eigenvalue weighted by atomic mass is 32.1. The summed E-state index contributed by atoms with van der Waals surface area (Å²) < 4.78 is 5.48. The van der Waals surface area contributed by atoms with Gasteiger partial charge in [-0.2, -0.15) is 11.3 Å². The van der Waals surface area contributed by atoms with E-state index in [2.05, 4.69) is 33.1 Å². The predicted octanol–water partition coefficient (Wildman–Crippen LogP) is 3.70. The summed E-state index contributed by atoms with van der Waals surface area (Å²) in [6, 6.07) is 16.3. The average Bonchev–Trinajstić information content (AvgIpc) is 3.23. The fourth-order valence-corrected chi connectivity index (χ4v) is 4.14. The van der Waals surface area contributed by atoms with E-state index >= 15 is 0 Å². The van der Waals surface area contributed by atoms with Gasteiger partial charge in [0.1, 0.15) is 0 Å². The monoisotopic (exact) mass is 366 g/mol. The van der Waals surface area contributed by atoms with E-state index in [4.69, 9.17) is 4.74 Å². The van der Waals surface area contributed by atoms with Gasteiger partial charge in [-0.05, 0) is 45.3 Å². The number of morpholine rings is 1. The summed E-state index contributed by atoms with van der Waals surface area (Å²) in [4.78, 5) is 15.1. The van der Waals surface area contributed by atoms with Gasteiger partial charge in [0.25, 0.3) is 5.91 Å². The van der Waals surface area contributed by atoms with Crippen molar-refractivity contribution in [3.63, 3.8) is 0 Å². The van der Waals surface area contributed by atoms with Gasteiger partial charge in [-0.1, -0.05) is 30.3 Å². The van der Waals surface area contributed by atoms with E-state index in [1.54, 1.807) is 11.3 Å². The third kappa shape index (κ3) is 3.80. The molecule has 0 radical (unpaired) electrons. The highest BCUT2D eigenvalue weighted by Gasteiger charge is 2.23. The lowest BCUT2D eigenvalue weighted by Gasteiger charge is -2.34. The number of amides is 1. The van der Waals surface area contributed by atoms with Gasteiger partial charge in [-0.3, -0.25) is 9.69 Å². The fraction of sp³-hybridized carbons (Fsp3) is 0.286. The Hall–Kier alpha value is -2.21. The van der Waals surface area contributed by atoms with Gasteiger partial charge in [-0.25, -0.2) is 0 Å². The SMILES string of the molecule is O=C(NC[C@@H](c1ccsc1)N1CCOCC1)c1ccc2ccccc2c1. The molecule has 2 heterocycles. The van der Waals surface area contributed by atoms with Crippen LogP contribution < -0.4 is 5.32 Å². The number of nitrogens with one attached hydrogen (secondary N) is 1. The summed E-state index contributed by atoms with van der Waals surface area (Å²) in [5, 5.41) is 9.63. The predicted molar refractivity (Wildman–Crippen MR) is 106 cm³/mol. The van der Waals surface area contributed by atoms with E-state index in [9.17, 15) is 4.79 Å². The number of carbonyl (C=O) groups excluding carboxylic acids is 1. The van der Waals surface area contributed by atoms with Crippen LogP contribution in [-0.2, 0) is 4.74 Å². The van der Waals surface area contributed by atoms with Crippen LogP contribution >= 0.6 is 11.3 Å². The minimum Gasteiger partial charge on any atom is -0.379 e. The number of ether oxygens (including phenoxy) is 1. The fourth-order valence-electron chi connectivity index (χ4n) is 3.43. The molecule has 1 N–H and O–H groups in total. The van der Waals surface area contributed by atoms with Crippen molar-refractivity contribution in [1.82, 2.24) is 10.2 Å². The summed E-state index contributed by atoms with van der Waals surface area (Å²) in [6.45, 7) is 3.89. The minimum atomic E-state index is -0.0238. The Bertz CT molecular complexity index is 873. The number of hydrogen-bond acceptors (Lipinski definition) is 4. The third-order valence-electron chi connectivity index (χ3n) is 4.88. The molecular weight excluding hydrogens is 344 g/mol. The van der Waals surface area contributed by atoms with Crippen LogP contribution in [0.15, 0.2) is 59.3 Å². The van der Waals surface area contributed by atoms with Crippen LogP contribution in [0.5, 0.6) is 0 Å². The van der Waals surface area contributed by atoms with Crippen LogP contribution in [-0.4, -0.2) is 43.7 Å². The van der Waals surface area contributed by atoms with Crippen LogP contribution in [0.25, 0.3) is 10.8 Å². The van der Waals surface area contributed by atoms with Gasteiger partial charge in [0.15, 0.2) is 0 Å². The van der Waals surface area contributed by atoms with Gasteiger partial charge in [0, 0.05) is 25.2 Å². The van der Waals surface area contributed by atoms with Gasteiger partial charge >= 0.3 is 0 Å². The van der Waals surface area contributed by atoms with Gasteiger partial charge < -0.3 is 10.1 Å². The number of nitrogens with zero attached hydrogens (tertiary/aromatic N) is 1. The molecule has 134 valence electrons. The van der Waals surface area contributed by atoms with Gasteiger partial charge in [0.05, 0.1) is 19.3 Å². The van der Waals surface area contributed by atoms with Crippen molar-refractivity contribution in [2.24, 2.45) is 0 Å². The maximum Gasteiger partial charge on any atom is 0.251 e. The largest absolute Gasteiger partial charge is 0.379 e. The third-order valence-corrected chi connectivity index (χ3v) is 5.58. The van der Waals surface area contributed by atoms with Crippen LogP contribution in [0.1, 0.15) is 22.0 Å². The van der Waals surface area contributed by atoms with Crippen LogP contribution in [0.2, 0.25) is 0 Å². The average molecular weight is 366 g/mol. The molecule has 26 heavy (non-hydrogen) atoms. The second-order valence-electron chi connectivity index (χ2n) is 6.49. The molecule has 1 aliphatic rings. The zero-order valence-electron chi connectivity index (χ0n) is 14.6. The molecule has 1 atom stereocenters. The first-order valence-electron chi connectivity index (χ1n) is 8.92. The minimum absolute atomic E-state index is 0.0238. The molecule has 4 rings (SSSR count). The van der Waals surface area contributed by atoms with Crippen molar-refractivity contribution >= 4 is 28.0 Å². The number of carbonyl (C=O) groups is 1. The second kappa shape index (κ2) is 7.99. The Balaban J connectivity index is 1.48. The zero-order chi connectivity index (χ0) is 17.8. The number of fused-ring (bicyclic) bond motifs is 1. The topological polar surface area (TPSA) is 41.6 Å². The van der Waals surface area contributed by atoms with Crippen molar-refractivity contribution in [1.29, 1.82) is 0 Å². The van der Waals surface area contributed by atoms with E-state index < -0.39 is 0 Å². The molecular formula is C21H22N2O2S. The first-order valence-corrected chi connectivity index (χ1v) is 9.86. The standard InChI is InChI=1S/C21H22N2O2S/c24-21(18-6-5-16-3-1-2-4-17(16)13-18)22-14-20(19-7-12-26-15-19)23-8-10-25-11-9-23/h1-7,12-13,15,20H,8-11,14H2,(H,22,24)/t20-/m0/s1. The molecule has 4 nitrogen and oxygen atoms in total. The molecule has 0 aliphatic carbocycles. The number of rotatable bonds is 5. The highest BCUT2D eigenvalue weighted by Crippen LogP contribution is 2.24. The Labute approximate surface area is 157 Å². The quantitative estimate of drug-likeness (QED) is 0.749. The Morgan fingerprint density at radius 3 is 2.69 bits per heavy atom. The zero-order valence-corrected chi connectivity index (χ0v) is 15.4. The molecule has 0 saturated carbocycles. The normalized spacial score (nSPS) is 16.5. The Kier molecular flexibility index (Phi) is 5.29. The molecule has 1 amide bonds. The Morgan fingerprint density at radius 2 is 1.92 bits per heavy atom. The van der Waals surface area contributed by atoms with E-state index in [1.807, 2.05) is 36.4 Å².